The van der Waals surface area contributed by atoms with Crippen LogP contribution in [0.4, 0.5) is 5.69 Å². The summed E-state index contributed by atoms with van der Waals surface area (Å²) >= 11 is 0. The maximum absolute atomic E-state index is 12.2. The van der Waals surface area contributed by atoms with Crippen LogP contribution in [0.15, 0.2) is 24.3 Å². The fourth-order valence-corrected chi connectivity index (χ4v) is 2.39. The zero-order valence-corrected chi connectivity index (χ0v) is 12.6. The number of piperidine rings is 1. The van der Waals surface area contributed by atoms with Crippen LogP contribution in [0.2, 0.25) is 0 Å². The van der Waals surface area contributed by atoms with Crippen LogP contribution < -0.4 is 15.4 Å². The Morgan fingerprint density at radius 1 is 1.33 bits per heavy atom. The molecule has 0 aliphatic carbocycles. The Kier molecular flexibility index (Phi) is 6.50. The zero-order chi connectivity index (χ0) is 14.9. The van der Waals surface area contributed by atoms with E-state index in [2.05, 4.69) is 10.6 Å². The Hall–Kier alpha value is -1.59. The largest absolute Gasteiger partial charge is 0.493 e. The molecule has 1 fully saturated rings. The number of anilines is 1. The molecular weight excluding hydrogens is 268 g/mol. The molecule has 1 aliphatic rings. The molecule has 21 heavy (non-hydrogen) atoms. The SMILES string of the molecule is COCCCOc1cccc(NC(=O)C2CCNCC2)c1. The Labute approximate surface area is 126 Å². The van der Waals surface area contributed by atoms with Crippen LogP contribution in [0.3, 0.4) is 0 Å². The number of carbonyl (C=O) groups is 1. The number of benzene rings is 1. The van der Waals surface area contributed by atoms with Gasteiger partial charge in [0.2, 0.25) is 5.91 Å². The summed E-state index contributed by atoms with van der Waals surface area (Å²) in [5.41, 5.74) is 0.794. The molecule has 1 saturated heterocycles. The van der Waals surface area contributed by atoms with Gasteiger partial charge in [0.05, 0.1) is 6.61 Å². The van der Waals surface area contributed by atoms with Crippen LogP contribution >= 0.6 is 0 Å². The summed E-state index contributed by atoms with van der Waals surface area (Å²) in [6.45, 7) is 3.13. The fourth-order valence-electron chi connectivity index (χ4n) is 2.39. The maximum atomic E-state index is 12.2. The summed E-state index contributed by atoms with van der Waals surface area (Å²) in [5, 5.41) is 6.25. The van der Waals surface area contributed by atoms with Crippen molar-refractivity contribution in [2.75, 3.05) is 38.7 Å². The van der Waals surface area contributed by atoms with Gasteiger partial charge in [0, 0.05) is 37.8 Å². The van der Waals surface area contributed by atoms with Crippen LogP contribution in [0.25, 0.3) is 0 Å². The van der Waals surface area contributed by atoms with Crippen molar-refractivity contribution in [1.29, 1.82) is 0 Å². The lowest BCUT2D eigenvalue weighted by Crippen LogP contribution is -2.34. The molecule has 0 unspecified atom stereocenters. The Balaban J connectivity index is 1.83. The van der Waals surface area contributed by atoms with E-state index in [0.717, 1.165) is 43.8 Å². The molecule has 1 aromatic carbocycles. The Morgan fingerprint density at radius 3 is 2.90 bits per heavy atom. The van der Waals surface area contributed by atoms with E-state index >= 15 is 0 Å². The van der Waals surface area contributed by atoms with E-state index in [1.165, 1.54) is 0 Å². The molecule has 5 heteroatoms. The smallest absolute Gasteiger partial charge is 0.227 e. The van der Waals surface area contributed by atoms with Gasteiger partial charge in [0.1, 0.15) is 5.75 Å². The van der Waals surface area contributed by atoms with Gasteiger partial charge >= 0.3 is 0 Å². The molecule has 0 saturated carbocycles. The number of methoxy groups -OCH3 is 1. The highest BCUT2D eigenvalue weighted by molar-refractivity contribution is 5.92. The third-order valence-electron chi connectivity index (χ3n) is 3.57. The normalized spacial score (nSPS) is 15.7. The third-order valence-corrected chi connectivity index (χ3v) is 3.57. The quantitative estimate of drug-likeness (QED) is 0.755. The molecule has 1 aliphatic heterocycles. The van der Waals surface area contributed by atoms with Crippen LogP contribution in [0.1, 0.15) is 19.3 Å². The van der Waals surface area contributed by atoms with Gasteiger partial charge in [-0.25, -0.2) is 0 Å². The topological polar surface area (TPSA) is 59.6 Å². The summed E-state index contributed by atoms with van der Waals surface area (Å²) in [6, 6.07) is 7.55. The van der Waals surface area contributed by atoms with Crippen molar-refractivity contribution in [2.45, 2.75) is 19.3 Å². The number of rotatable bonds is 7. The van der Waals surface area contributed by atoms with Crippen LogP contribution in [-0.4, -0.2) is 39.3 Å². The number of ether oxygens (including phenoxy) is 2. The summed E-state index contributed by atoms with van der Waals surface area (Å²) in [6.07, 6.45) is 2.65. The number of carbonyl (C=O) groups excluding carboxylic acids is 1. The first-order valence-electron chi connectivity index (χ1n) is 7.53. The van der Waals surface area contributed by atoms with E-state index in [1.54, 1.807) is 7.11 Å². The number of amides is 1. The molecule has 2 rings (SSSR count). The molecule has 5 nitrogen and oxygen atoms in total. The second-order valence-corrected chi connectivity index (χ2v) is 5.24. The molecular formula is C16H24N2O3. The van der Waals surface area contributed by atoms with E-state index < -0.39 is 0 Å². The average molecular weight is 292 g/mol. The van der Waals surface area contributed by atoms with Crippen molar-refractivity contribution in [3.63, 3.8) is 0 Å². The predicted molar refractivity (Wildman–Crippen MR) is 82.7 cm³/mol. The molecule has 1 amide bonds. The van der Waals surface area contributed by atoms with Crippen molar-refractivity contribution in [2.24, 2.45) is 5.92 Å². The van der Waals surface area contributed by atoms with E-state index in [0.29, 0.717) is 13.2 Å². The summed E-state index contributed by atoms with van der Waals surface area (Å²) in [5.74, 6) is 0.986. The molecule has 0 atom stereocenters. The second kappa shape index (κ2) is 8.64. The summed E-state index contributed by atoms with van der Waals surface area (Å²) in [7, 11) is 1.68. The fraction of sp³-hybridized carbons (Fsp3) is 0.562. The van der Waals surface area contributed by atoms with E-state index in [1.807, 2.05) is 24.3 Å². The van der Waals surface area contributed by atoms with Crippen LogP contribution in [0.5, 0.6) is 5.75 Å². The highest BCUT2D eigenvalue weighted by Gasteiger charge is 2.20. The van der Waals surface area contributed by atoms with Crippen molar-refractivity contribution in [3.05, 3.63) is 24.3 Å². The van der Waals surface area contributed by atoms with Gasteiger partial charge in [-0.1, -0.05) is 6.07 Å². The highest BCUT2D eigenvalue weighted by atomic mass is 16.5. The van der Waals surface area contributed by atoms with Gasteiger partial charge in [-0.15, -0.1) is 0 Å². The average Bonchev–Trinajstić information content (AvgIpc) is 2.53. The lowest BCUT2D eigenvalue weighted by molar-refractivity contribution is -0.120. The van der Waals surface area contributed by atoms with Crippen LogP contribution in [-0.2, 0) is 9.53 Å². The number of hydrogen-bond donors (Lipinski definition) is 2. The van der Waals surface area contributed by atoms with Gasteiger partial charge in [0.25, 0.3) is 0 Å². The minimum atomic E-state index is 0.105. The summed E-state index contributed by atoms with van der Waals surface area (Å²) < 4.78 is 10.6. The minimum Gasteiger partial charge on any atom is -0.493 e. The Bertz CT molecular complexity index is 445. The third kappa shape index (κ3) is 5.36. The second-order valence-electron chi connectivity index (χ2n) is 5.24. The molecule has 2 N–H and O–H groups in total. The van der Waals surface area contributed by atoms with E-state index in [-0.39, 0.29) is 11.8 Å². The highest BCUT2D eigenvalue weighted by Crippen LogP contribution is 2.20. The molecule has 1 heterocycles. The maximum Gasteiger partial charge on any atom is 0.227 e. The van der Waals surface area contributed by atoms with Gasteiger partial charge in [-0.2, -0.15) is 0 Å². The van der Waals surface area contributed by atoms with Crippen molar-refractivity contribution >= 4 is 11.6 Å². The molecule has 0 radical (unpaired) electrons. The molecule has 0 aromatic heterocycles. The predicted octanol–water partition coefficient (Wildman–Crippen LogP) is 2.04. The first-order chi connectivity index (χ1) is 10.3. The molecule has 1 aromatic rings. The van der Waals surface area contributed by atoms with Gasteiger partial charge in [-0.05, 0) is 38.1 Å². The number of hydrogen-bond acceptors (Lipinski definition) is 4. The van der Waals surface area contributed by atoms with E-state index in [4.69, 9.17) is 9.47 Å². The Morgan fingerprint density at radius 2 is 2.14 bits per heavy atom. The molecule has 0 spiro atoms. The summed E-state index contributed by atoms with van der Waals surface area (Å²) in [4.78, 5) is 12.2. The molecule has 116 valence electrons. The lowest BCUT2D eigenvalue weighted by Gasteiger charge is -2.21. The zero-order valence-electron chi connectivity index (χ0n) is 12.6. The first kappa shape index (κ1) is 15.8. The van der Waals surface area contributed by atoms with Crippen molar-refractivity contribution < 1.29 is 14.3 Å². The number of nitrogens with one attached hydrogen (secondary N) is 2. The first-order valence-corrected chi connectivity index (χ1v) is 7.53. The van der Waals surface area contributed by atoms with Crippen LogP contribution in [0, 0.1) is 5.92 Å². The minimum absolute atomic E-state index is 0.105. The monoisotopic (exact) mass is 292 g/mol. The van der Waals surface area contributed by atoms with Gasteiger partial charge in [0.15, 0.2) is 0 Å². The van der Waals surface area contributed by atoms with E-state index in [9.17, 15) is 4.79 Å². The lowest BCUT2D eigenvalue weighted by atomic mass is 9.97. The standard InChI is InChI=1S/C16H24N2O3/c1-20-10-3-11-21-15-5-2-4-14(12-15)18-16(19)13-6-8-17-9-7-13/h2,4-5,12-13,17H,3,6-11H2,1H3,(H,18,19). The van der Waals surface area contributed by atoms with Gasteiger partial charge in [-0.3, -0.25) is 4.79 Å². The van der Waals surface area contributed by atoms with Crippen molar-refractivity contribution in [3.8, 4) is 5.75 Å². The van der Waals surface area contributed by atoms with Crippen molar-refractivity contribution in [1.82, 2.24) is 5.32 Å². The molecule has 0 bridgehead atoms. The van der Waals surface area contributed by atoms with Gasteiger partial charge < -0.3 is 20.1 Å².